The van der Waals surface area contributed by atoms with Crippen molar-refractivity contribution in [3.05, 3.63) is 0 Å². The average molecular weight is 278 g/mol. The third kappa shape index (κ3) is 4.26. The number of nitrogens with zero attached hydrogens (tertiary/aromatic N) is 1. The first-order valence-electron chi connectivity index (χ1n) is 5.78. The maximum atomic E-state index is 11.8. The van der Waals surface area contributed by atoms with Crippen LogP contribution < -0.4 is 5.32 Å². The van der Waals surface area contributed by atoms with Crippen LogP contribution in [0.15, 0.2) is 0 Å². The highest BCUT2D eigenvalue weighted by Crippen LogP contribution is 2.17. The first-order valence-corrected chi connectivity index (χ1v) is 7.60. The third-order valence-corrected chi connectivity index (χ3v) is 4.61. The summed E-state index contributed by atoms with van der Waals surface area (Å²) in [6.07, 6.45) is 0.459. The molecule has 0 aromatic carbocycles. The Labute approximate surface area is 106 Å². The number of hydrogen-bond acceptors (Lipinski definition) is 5. The number of nitrogens with one attached hydrogen (secondary N) is 1. The molecule has 0 aliphatic carbocycles. The van der Waals surface area contributed by atoms with Crippen LogP contribution in [0.3, 0.4) is 0 Å². The normalized spacial score (nSPS) is 21.7. The number of aliphatic carboxylic acids is 1. The predicted molar refractivity (Wildman–Crippen MR) is 65.0 cm³/mol. The Morgan fingerprint density at radius 1 is 1.39 bits per heavy atom. The molecule has 2 N–H and O–H groups in total. The molecule has 1 unspecified atom stereocenters. The molecule has 0 aromatic heterocycles. The summed E-state index contributed by atoms with van der Waals surface area (Å²) >= 11 is 0. The molecular weight excluding hydrogens is 260 g/mol. The van der Waals surface area contributed by atoms with Gasteiger partial charge in [0.05, 0.1) is 24.6 Å². The number of likely N-dealkylation sites (N-methyl/N-ethyl adjacent to an activating group) is 1. The fourth-order valence-electron chi connectivity index (χ4n) is 2.04. The Morgan fingerprint density at radius 3 is 2.50 bits per heavy atom. The number of carbonyl (C=O) groups is 2. The van der Waals surface area contributed by atoms with Crippen LogP contribution in [-0.2, 0) is 19.4 Å². The number of amides is 1. The first-order chi connectivity index (χ1) is 8.35. The molecule has 1 aliphatic heterocycles. The molecule has 18 heavy (non-hydrogen) atoms. The molecule has 8 heteroatoms. The molecule has 1 aliphatic rings. The van der Waals surface area contributed by atoms with E-state index in [-0.39, 0.29) is 36.5 Å². The third-order valence-electron chi connectivity index (χ3n) is 2.86. The highest BCUT2D eigenvalue weighted by molar-refractivity contribution is 7.91. The van der Waals surface area contributed by atoms with E-state index in [0.29, 0.717) is 13.0 Å². The Balaban J connectivity index is 2.50. The monoisotopic (exact) mass is 278 g/mol. The Bertz CT molecular complexity index is 420. The molecule has 0 spiro atoms. The summed E-state index contributed by atoms with van der Waals surface area (Å²) in [6.45, 7) is 1.83. The van der Waals surface area contributed by atoms with Crippen molar-refractivity contribution in [2.24, 2.45) is 0 Å². The highest BCUT2D eigenvalue weighted by atomic mass is 32.2. The van der Waals surface area contributed by atoms with Crippen LogP contribution in [0, 0.1) is 0 Å². The summed E-state index contributed by atoms with van der Waals surface area (Å²) < 4.78 is 22.7. The van der Waals surface area contributed by atoms with E-state index in [0.717, 1.165) is 0 Å². The topological polar surface area (TPSA) is 104 Å². The van der Waals surface area contributed by atoms with Gasteiger partial charge in [-0.3, -0.25) is 14.9 Å². The maximum Gasteiger partial charge on any atom is 0.317 e. The molecule has 1 atom stereocenters. The van der Waals surface area contributed by atoms with Crippen molar-refractivity contribution in [1.29, 1.82) is 0 Å². The van der Waals surface area contributed by atoms with E-state index in [4.69, 9.17) is 5.11 Å². The van der Waals surface area contributed by atoms with E-state index >= 15 is 0 Å². The summed E-state index contributed by atoms with van der Waals surface area (Å²) in [7, 11) is -3.03. The second-order valence-electron chi connectivity index (χ2n) is 4.23. The quantitative estimate of drug-likeness (QED) is 0.625. The molecular formula is C10H18N2O5S. The fourth-order valence-corrected chi connectivity index (χ4v) is 3.77. The minimum atomic E-state index is -3.03. The van der Waals surface area contributed by atoms with Crippen molar-refractivity contribution >= 4 is 21.7 Å². The standard InChI is InChI=1S/C10H18N2O5S/c1-2-12(8-3-4-18(16,17)7-8)9(13)5-11-6-10(14)15/h8,11H,2-7H2,1H3,(H,14,15). The largest absolute Gasteiger partial charge is 0.480 e. The molecule has 0 saturated carbocycles. The molecule has 7 nitrogen and oxygen atoms in total. The van der Waals surface area contributed by atoms with Crippen LogP contribution in [0.1, 0.15) is 13.3 Å². The molecule has 1 amide bonds. The highest BCUT2D eigenvalue weighted by Gasteiger charge is 2.33. The van der Waals surface area contributed by atoms with Gasteiger partial charge >= 0.3 is 5.97 Å². The van der Waals surface area contributed by atoms with Crippen molar-refractivity contribution in [2.45, 2.75) is 19.4 Å². The van der Waals surface area contributed by atoms with Crippen LogP contribution in [0.4, 0.5) is 0 Å². The summed E-state index contributed by atoms with van der Waals surface area (Å²) in [4.78, 5) is 23.6. The van der Waals surface area contributed by atoms with Gasteiger partial charge in [-0.2, -0.15) is 0 Å². The molecule has 0 bridgehead atoms. The fraction of sp³-hybridized carbons (Fsp3) is 0.800. The van der Waals surface area contributed by atoms with Gasteiger partial charge in [0.15, 0.2) is 9.84 Å². The van der Waals surface area contributed by atoms with Gasteiger partial charge in [-0.05, 0) is 13.3 Å². The predicted octanol–water partition coefficient (Wildman–Crippen LogP) is -1.30. The van der Waals surface area contributed by atoms with Gasteiger partial charge in [-0.1, -0.05) is 0 Å². The van der Waals surface area contributed by atoms with E-state index in [9.17, 15) is 18.0 Å². The Kier molecular flexibility index (Phi) is 5.09. The summed E-state index contributed by atoms with van der Waals surface area (Å²) in [5.41, 5.74) is 0. The summed E-state index contributed by atoms with van der Waals surface area (Å²) in [6, 6.07) is -0.279. The maximum absolute atomic E-state index is 11.8. The van der Waals surface area contributed by atoms with Gasteiger partial charge in [0.1, 0.15) is 0 Å². The number of sulfone groups is 1. The number of carboxylic acids is 1. The van der Waals surface area contributed by atoms with E-state index in [1.54, 1.807) is 6.92 Å². The molecule has 0 aromatic rings. The van der Waals surface area contributed by atoms with Gasteiger partial charge < -0.3 is 10.0 Å². The zero-order valence-electron chi connectivity index (χ0n) is 10.3. The lowest BCUT2D eigenvalue weighted by Gasteiger charge is -2.26. The van der Waals surface area contributed by atoms with Gasteiger partial charge in [-0.15, -0.1) is 0 Å². The van der Waals surface area contributed by atoms with Gasteiger partial charge in [-0.25, -0.2) is 8.42 Å². The van der Waals surface area contributed by atoms with Crippen molar-refractivity contribution in [3.63, 3.8) is 0 Å². The van der Waals surface area contributed by atoms with Crippen molar-refractivity contribution in [3.8, 4) is 0 Å². The summed E-state index contributed by atoms with van der Waals surface area (Å²) in [5.74, 6) is -1.18. The molecule has 1 heterocycles. The lowest BCUT2D eigenvalue weighted by Crippen LogP contribution is -2.45. The minimum absolute atomic E-state index is 0.00547. The lowest BCUT2D eigenvalue weighted by atomic mass is 10.2. The Hall–Kier alpha value is -1.15. The SMILES string of the molecule is CCN(C(=O)CNCC(=O)O)C1CCS(=O)(=O)C1. The minimum Gasteiger partial charge on any atom is -0.480 e. The van der Waals surface area contributed by atoms with E-state index in [1.807, 2.05) is 0 Å². The molecule has 104 valence electrons. The Morgan fingerprint density at radius 2 is 2.06 bits per heavy atom. The zero-order chi connectivity index (χ0) is 13.8. The zero-order valence-corrected chi connectivity index (χ0v) is 11.1. The van der Waals surface area contributed by atoms with E-state index in [1.165, 1.54) is 4.90 Å². The van der Waals surface area contributed by atoms with E-state index < -0.39 is 15.8 Å². The van der Waals surface area contributed by atoms with Gasteiger partial charge in [0.25, 0.3) is 0 Å². The molecule has 0 radical (unpaired) electrons. The van der Waals surface area contributed by atoms with Crippen molar-refractivity contribution < 1.29 is 23.1 Å². The first kappa shape index (κ1) is 14.9. The van der Waals surface area contributed by atoms with Gasteiger partial charge in [0.2, 0.25) is 5.91 Å². The number of carbonyl (C=O) groups excluding carboxylic acids is 1. The van der Waals surface area contributed by atoms with Crippen LogP contribution in [0.2, 0.25) is 0 Å². The van der Waals surface area contributed by atoms with E-state index in [2.05, 4.69) is 5.32 Å². The number of carboxylic acid groups (broad SMARTS) is 1. The molecule has 1 rings (SSSR count). The lowest BCUT2D eigenvalue weighted by molar-refractivity contribution is -0.136. The summed E-state index contributed by atoms with van der Waals surface area (Å²) in [5, 5.41) is 10.9. The number of hydrogen-bond donors (Lipinski definition) is 2. The second-order valence-corrected chi connectivity index (χ2v) is 6.46. The van der Waals surface area contributed by atoms with Crippen LogP contribution >= 0.6 is 0 Å². The van der Waals surface area contributed by atoms with Crippen molar-refractivity contribution in [2.75, 3.05) is 31.1 Å². The van der Waals surface area contributed by atoms with Crippen LogP contribution in [-0.4, -0.2) is 67.5 Å². The number of rotatable bonds is 6. The molecule has 1 saturated heterocycles. The second kappa shape index (κ2) is 6.14. The van der Waals surface area contributed by atoms with Crippen molar-refractivity contribution in [1.82, 2.24) is 10.2 Å². The van der Waals surface area contributed by atoms with Crippen LogP contribution in [0.5, 0.6) is 0 Å². The molecule has 1 fully saturated rings. The van der Waals surface area contributed by atoms with Gasteiger partial charge in [0, 0.05) is 12.6 Å². The van der Waals surface area contributed by atoms with Crippen LogP contribution in [0.25, 0.3) is 0 Å². The average Bonchev–Trinajstić information content (AvgIpc) is 2.59. The smallest absolute Gasteiger partial charge is 0.317 e.